The predicted molar refractivity (Wildman–Crippen MR) is 120 cm³/mol. The molecule has 2 heterocycles. The highest BCUT2D eigenvalue weighted by Crippen LogP contribution is 2.28. The number of benzene rings is 2. The van der Waals surface area contributed by atoms with E-state index in [0.29, 0.717) is 35.4 Å². The van der Waals surface area contributed by atoms with E-state index in [-0.39, 0.29) is 19.1 Å². The molecular formula is C23H23N5O5. The lowest BCUT2D eigenvalue weighted by atomic mass is 10.2. The van der Waals surface area contributed by atoms with Gasteiger partial charge in [0, 0.05) is 6.07 Å². The fraction of sp³-hybridized carbons (Fsp3) is 0.217. The number of para-hydroxylation sites is 1. The third kappa shape index (κ3) is 5.29. The number of nitrogens with zero attached hydrogens (tertiary/aromatic N) is 4. The molecule has 0 radical (unpaired) electrons. The van der Waals surface area contributed by atoms with Crippen LogP contribution in [-0.2, 0) is 4.79 Å². The molecule has 0 saturated carbocycles. The summed E-state index contributed by atoms with van der Waals surface area (Å²) in [6.45, 7) is 0.435. The molecule has 170 valence electrons. The summed E-state index contributed by atoms with van der Waals surface area (Å²) < 4.78 is 23.2. The van der Waals surface area contributed by atoms with Crippen LogP contribution < -0.4 is 24.3 Å². The van der Waals surface area contributed by atoms with Gasteiger partial charge in [-0.25, -0.2) is 0 Å². The minimum absolute atomic E-state index is 0.0977. The van der Waals surface area contributed by atoms with Crippen LogP contribution in [0, 0.1) is 0 Å². The first kappa shape index (κ1) is 21.9. The van der Waals surface area contributed by atoms with Crippen molar-refractivity contribution in [2.75, 3.05) is 34.0 Å². The Labute approximate surface area is 190 Å². The van der Waals surface area contributed by atoms with Gasteiger partial charge in [-0.3, -0.25) is 4.79 Å². The molecule has 4 rings (SSSR count). The zero-order valence-electron chi connectivity index (χ0n) is 18.2. The minimum atomic E-state index is -0.255. The van der Waals surface area contributed by atoms with Gasteiger partial charge in [0.1, 0.15) is 23.9 Å². The number of rotatable bonds is 10. The van der Waals surface area contributed by atoms with Crippen molar-refractivity contribution in [3.05, 3.63) is 60.7 Å². The summed E-state index contributed by atoms with van der Waals surface area (Å²) >= 11 is 0. The van der Waals surface area contributed by atoms with Crippen molar-refractivity contribution in [3.63, 3.8) is 0 Å². The fourth-order valence-corrected chi connectivity index (χ4v) is 3.06. The van der Waals surface area contributed by atoms with Gasteiger partial charge < -0.3 is 24.3 Å². The molecule has 2 aromatic carbocycles. The Morgan fingerprint density at radius 2 is 1.70 bits per heavy atom. The summed E-state index contributed by atoms with van der Waals surface area (Å²) in [5.41, 5.74) is 1.34. The van der Waals surface area contributed by atoms with Crippen LogP contribution in [0.15, 0.2) is 60.7 Å². The van der Waals surface area contributed by atoms with E-state index in [1.54, 1.807) is 55.1 Å². The second-order valence-corrected chi connectivity index (χ2v) is 6.83. The maximum Gasteiger partial charge on any atom is 0.258 e. The van der Waals surface area contributed by atoms with Crippen molar-refractivity contribution in [2.45, 2.75) is 0 Å². The minimum Gasteiger partial charge on any atom is -0.497 e. The molecule has 1 N–H and O–H groups in total. The number of carbonyl (C=O) groups excluding carboxylic acids is 1. The number of amides is 1. The van der Waals surface area contributed by atoms with Gasteiger partial charge in [-0.1, -0.05) is 12.1 Å². The summed E-state index contributed by atoms with van der Waals surface area (Å²) in [7, 11) is 3.19. The molecule has 10 heteroatoms. The van der Waals surface area contributed by atoms with Crippen molar-refractivity contribution in [3.8, 4) is 34.5 Å². The van der Waals surface area contributed by atoms with E-state index in [1.807, 2.05) is 24.3 Å². The number of fused-ring (bicyclic) bond motifs is 1. The van der Waals surface area contributed by atoms with E-state index in [4.69, 9.17) is 18.9 Å². The van der Waals surface area contributed by atoms with Gasteiger partial charge in [0.2, 0.25) is 5.88 Å². The van der Waals surface area contributed by atoms with Crippen molar-refractivity contribution in [1.29, 1.82) is 0 Å². The second-order valence-electron chi connectivity index (χ2n) is 6.83. The molecule has 0 aliphatic rings. The molecule has 0 atom stereocenters. The average molecular weight is 449 g/mol. The average Bonchev–Trinajstić information content (AvgIpc) is 3.28. The molecule has 1 amide bonds. The third-order valence-corrected chi connectivity index (χ3v) is 4.69. The summed E-state index contributed by atoms with van der Waals surface area (Å²) in [6.07, 6.45) is 0. The van der Waals surface area contributed by atoms with E-state index in [9.17, 15) is 4.79 Å². The Morgan fingerprint density at radius 1 is 0.909 bits per heavy atom. The topological polar surface area (TPSA) is 109 Å². The van der Waals surface area contributed by atoms with Crippen LogP contribution in [0.3, 0.4) is 0 Å². The van der Waals surface area contributed by atoms with Crippen LogP contribution in [0.2, 0.25) is 0 Å². The Kier molecular flexibility index (Phi) is 6.84. The van der Waals surface area contributed by atoms with Gasteiger partial charge in [0.25, 0.3) is 5.91 Å². The number of carbonyl (C=O) groups is 1. The first-order chi connectivity index (χ1) is 16.2. The standard InChI is InChI=1S/C23H23N5O5/c1-30-16-7-9-17(10-8-16)33-15-21(29)24-13-14-32-22-12-11-20-25-26-23(28(20)27-22)18-5-3-4-6-19(18)31-2/h3-12H,13-15H2,1-2H3,(H,24,29). The zero-order valence-corrected chi connectivity index (χ0v) is 18.2. The normalized spacial score (nSPS) is 10.6. The van der Waals surface area contributed by atoms with Crippen LogP contribution in [0.5, 0.6) is 23.1 Å². The molecule has 0 unspecified atom stereocenters. The maximum atomic E-state index is 12.0. The molecule has 0 saturated heterocycles. The van der Waals surface area contributed by atoms with Gasteiger partial charge >= 0.3 is 0 Å². The molecule has 0 fully saturated rings. The number of methoxy groups -OCH3 is 2. The van der Waals surface area contributed by atoms with Gasteiger partial charge in [-0.05, 0) is 42.5 Å². The van der Waals surface area contributed by atoms with E-state index in [1.165, 1.54) is 0 Å². The van der Waals surface area contributed by atoms with Crippen LogP contribution >= 0.6 is 0 Å². The van der Waals surface area contributed by atoms with E-state index < -0.39 is 0 Å². The number of ether oxygens (including phenoxy) is 4. The number of hydrogen-bond acceptors (Lipinski definition) is 8. The molecule has 0 aliphatic heterocycles. The summed E-state index contributed by atoms with van der Waals surface area (Å²) in [6, 6.07) is 18.0. The van der Waals surface area contributed by atoms with Gasteiger partial charge in [0.05, 0.1) is 26.3 Å². The van der Waals surface area contributed by atoms with Crippen LogP contribution in [0.1, 0.15) is 0 Å². The molecule has 0 bridgehead atoms. The van der Waals surface area contributed by atoms with Gasteiger partial charge in [-0.2, -0.15) is 4.52 Å². The third-order valence-electron chi connectivity index (χ3n) is 4.69. The van der Waals surface area contributed by atoms with E-state index >= 15 is 0 Å². The van der Waals surface area contributed by atoms with Crippen molar-refractivity contribution in [2.24, 2.45) is 0 Å². The smallest absolute Gasteiger partial charge is 0.258 e. The Balaban J connectivity index is 1.30. The van der Waals surface area contributed by atoms with E-state index in [0.717, 1.165) is 11.3 Å². The highest BCUT2D eigenvalue weighted by Gasteiger charge is 2.14. The van der Waals surface area contributed by atoms with Crippen LogP contribution in [-0.4, -0.2) is 59.7 Å². The molecule has 33 heavy (non-hydrogen) atoms. The Hall–Kier alpha value is -4.34. The lowest BCUT2D eigenvalue weighted by Gasteiger charge is -2.09. The lowest BCUT2D eigenvalue weighted by molar-refractivity contribution is -0.123. The van der Waals surface area contributed by atoms with E-state index in [2.05, 4.69) is 20.6 Å². The summed E-state index contributed by atoms with van der Waals surface area (Å²) in [4.78, 5) is 12.0. The highest BCUT2D eigenvalue weighted by atomic mass is 16.5. The summed E-state index contributed by atoms with van der Waals surface area (Å²) in [5, 5.41) is 15.6. The van der Waals surface area contributed by atoms with Crippen LogP contribution in [0.4, 0.5) is 0 Å². The summed E-state index contributed by atoms with van der Waals surface area (Å²) in [5.74, 6) is 2.63. The maximum absolute atomic E-state index is 12.0. The first-order valence-corrected chi connectivity index (χ1v) is 10.2. The predicted octanol–water partition coefficient (Wildman–Crippen LogP) is 2.38. The fourth-order valence-electron chi connectivity index (χ4n) is 3.06. The van der Waals surface area contributed by atoms with Crippen molar-refractivity contribution >= 4 is 11.6 Å². The molecule has 10 nitrogen and oxygen atoms in total. The molecule has 4 aromatic rings. The number of hydrogen-bond donors (Lipinski definition) is 1. The molecular weight excluding hydrogens is 426 g/mol. The lowest BCUT2D eigenvalue weighted by Crippen LogP contribution is -2.32. The largest absolute Gasteiger partial charge is 0.497 e. The molecule has 0 aliphatic carbocycles. The quantitative estimate of drug-likeness (QED) is 0.368. The Bertz CT molecular complexity index is 1230. The second kappa shape index (κ2) is 10.3. The monoisotopic (exact) mass is 449 g/mol. The SMILES string of the molecule is COc1ccc(OCC(=O)NCCOc2ccc3nnc(-c4ccccc4OC)n3n2)cc1. The van der Waals surface area contributed by atoms with Gasteiger partial charge in [-0.15, -0.1) is 15.3 Å². The van der Waals surface area contributed by atoms with Crippen molar-refractivity contribution in [1.82, 2.24) is 25.1 Å². The highest BCUT2D eigenvalue weighted by molar-refractivity contribution is 5.77. The zero-order chi connectivity index (χ0) is 23.0. The Morgan fingerprint density at radius 3 is 2.48 bits per heavy atom. The van der Waals surface area contributed by atoms with Crippen LogP contribution in [0.25, 0.3) is 17.0 Å². The van der Waals surface area contributed by atoms with Crippen molar-refractivity contribution < 1.29 is 23.7 Å². The molecule has 2 aromatic heterocycles. The number of nitrogens with one attached hydrogen (secondary N) is 1. The van der Waals surface area contributed by atoms with Gasteiger partial charge in [0.15, 0.2) is 18.1 Å². The first-order valence-electron chi connectivity index (χ1n) is 10.2. The number of aromatic nitrogens is 4. The molecule has 0 spiro atoms.